The molecule has 0 saturated carbocycles. The minimum absolute atomic E-state index is 0.294. The van der Waals surface area contributed by atoms with Gasteiger partial charge < -0.3 is 0 Å². The van der Waals surface area contributed by atoms with Crippen molar-refractivity contribution < 1.29 is 8.42 Å². The minimum Gasteiger partial charge on any atom is -0.260 e. The summed E-state index contributed by atoms with van der Waals surface area (Å²) in [7, 11) is -3.19. The first-order chi connectivity index (χ1) is 11.0. The van der Waals surface area contributed by atoms with Crippen LogP contribution in [0.2, 0.25) is 0 Å². The lowest BCUT2D eigenvalue weighted by molar-refractivity contribution is 0.602. The lowest BCUT2D eigenvalue weighted by atomic mass is 10.1. The van der Waals surface area contributed by atoms with E-state index in [1.54, 1.807) is 48.0 Å². The van der Waals surface area contributed by atoms with Crippen LogP contribution in [0.1, 0.15) is 10.6 Å². The summed E-state index contributed by atoms with van der Waals surface area (Å²) in [5.41, 5.74) is 2.29. The van der Waals surface area contributed by atoms with Crippen molar-refractivity contribution in [2.75, 3.05) is 6.26 Å². The third-order valence-electron chi connectivity index (χ3n) is 3.19. The van der Waals surface area contributed by atoms with Gasteiger partial charge in [-0.25, -0.2) is 13.4 Å². The molecule has 0 N–H and O–H groups in total. The van der Waals surface area contributed by atoms with E-state index in [-0.39, 0.29) is 0 Å². The van der Waals surface area contributed by atoms with Crippen LogP contribution in [0.4, 0.5) is 0 Å². The molecule has 0 radical (unpaired) electrons. The van der Waals surface area contributed by atoms with E-state index >= 15 is 0 Å². The van der Waals surface area contributed by atoms with Crippen LogP contribution in [-0.2, 0) is 9.84 Å². The van der Waals surface area contributed by atoms with E-state index in [9.17, 15) is 8.42 Å². The predicted molar refractivity (Wildman–Crippen MR) is 93.8 cm³/mol. The molecule has 3 rings (SSSR count). The quantitative estimate of drug-likeness (QED) is 0.724. The molecule has 4 nitrogen and oxygen atoms in total. The molecule has 0 amide bonds. The van der Waals surface area contributed by atoms with Gasteiger partial charge in [0.15, 0.2) is 9.84 Å². The average molecular weight is 342 g/mol. The molecule has 0 aliphatic rings. The summed E-state index contributed by atoms with van der Waals surface area (Å²) in [5.74, 6) is 0. The minimum atomic E-state index is -3.19. The Balaban J connectivity index is 1.87. The van der Waals surface area contributed by atoms with E-state index < -0.39 is 9.84 Å². The standard InChI is InChI=1S/C17H14N2O2S2/c1-23(20,21)16-8-4-13(5-9-16)17-12-18-11-14(19-17)6-7-15-3-2-10-22-15/h2-12H,1H3/b7-6-. The van der Waals surface area contributed by atoms with Crippen LogP contribution in [-0.4, -0.2) is 24.6 Å². The van der Waals surface area contributed by atoms with Crippen LogP contribution in [0.25, 0.3) is 23.4 Å². The molecule has 6 heteroatoms. The first-order valence-corrected chi connectivity index (χ1v) is 9.63. The van der Waals surface area contributed by atoms with Gasteiger partial charge in [-0.3, -0.25) is 4.98 Å². The van der Waals surface area contributed by atoms with Crippen LogP contribution >= 0.6 is 11.3 Å². The summed E-state index contributed by atoms with van der Waals surface area (Å²) in [6.07, 6.45) is 8.45. The average Bonchev–Trinajstić information content (AvgIpc) is 3.06. The Hall–Kier alpha value is -2.31. The number of benzene rings is 1. The molecule has 1 aromatic carbocycles. The number of rotatable bonds is 4. The van der Waals surface area contributed by atoms with Crippen LogP contribution in [0.5, 0.6) is 0 Å². The molecule has 0 atom stereocenters. The Morgan fingerprint density at radius 1 is 1.04 bits per heavy atom. The van der Waals surface area contributed by atoms with E-state index in [0.717, 1.165) is 16.1 Å². The number of nitrogens with zero attached hydrogens (tertiary/aromatic N) is 2. The van der Waals surface area contributed by atoms with Crippen molar-refractivity contribution in [3.8, 4) is 11.3 Å². The van der Waals surface area contributed by atoms with Crippen LogP contribution in [0.15, 0.2) is 59.1 Å². The van der Waals surface area contributed by atoms with Gasteiger partial charge in [0.1, 0.15) is 0 Å². The van der Waals surface area contributed by atoms with Crippen molar-refractivity contribution in [2.24, 2.45) is 0 Å². The van der Waals surface area contributed by atoms with Gasteiger partial charge in [-0.15, -0.1) is 11.3 Å². The molecule has 116 valence electrons. The Morgan fingerprint density at radius 2 is 1.83 bits per heavy atom. The van der Waals surface area contributed by atoms with Crippen LogP contribution in [0, 0.1) is 0 Å². The van der Waals surface area contributed by atoms with Crippen LogP contribution in [0.3, 0.4) is 0 Å². The molecule has 0 spiro atoms. The topological polar surface area (TPSA) is 59.9 Å². The van der Waals surface area contributed by atoms with E-state index in [4.69, 9.17) is 0 Å². The van der Waals surface area contributed by atoms with Gasteiger partial charge in [0.25, 0.3) is 0 Å². The number of thiophene rings is 1. The van der Waals surface area contributed by atoms with Gasteiger partial charge in [0.2, 0.25) is 0 Å². The highest BCUT2D eigenvalue weighted by atomic mass is 32.2. The molecule has 2 heterocycles. The fourth-order valence-electron chi connectivity index (χ4n) is 2.03. The van der Waals surface area contributed by atoms with E-state index in [2.05, 4.69) is 9.97 Å². The zero-order valence-corrected chi connectivity index (χ0v) is 14.0. The number of hydrogen-bond acceptors (Lipinski definition) is 5. The molecular weight excluding hydrogens is 328 g/mol. The Morgan fingerprint density at radius 3 is 2.48 bits per heavy atom. The highest BCUT2D eigenvalue weighted by Crippen LogP contribution is 2.20. The van der Waals surface area contributed by atoms with E-state index in [0.29, 0.717) is 10.6 Å². The molecule has 3 aromatic rings. The van der Waals surface area contributed by atoms with E-state index in [1.807, 2.05) is 29.7 Å². The summed E-state index contributed by atoms with van der Waals surface area (Å²) in [5, 5.41) is 2.02. The monoisotopic (exact) mass is 342 g/mol. The van der Waals surface area contributed by atoms with Crippen molar-refractivity contribution in [1.82, 2.24) is 9.97 Å². The van der Waals surface area contributed by atoms with Gasteiger partial charge in [-0.1, -0.05) is 18.2 Å². The largest absolute Gasteiger partial charge is 0.260 e. The lowest BCUT2D eigenvalue weighted by Crippen LogP contribution is -1.96. The van der Waals surface area contributed by atoms with Gasteiger partial charge >= 0.3 is 0 Å². The third kappa shape index (κ3) is 3.91. The number of hydrogen-bond donors (Lipinski definition) is 0. The second-order valence-corrected chi connectivity index (χ2v) is 7.97. The smallest absolute Gasteiger partial charge is 0.175 e. The summed E-state index contributed by atoms with van der Waals surface area (Å²) in [6.45, 7) is 0. The maximum atomic E-state index is 11.5. The maximum Gasteiger partial charge on any atom is 0.175 e. The molecular formula is C17H14N2O2S2. The molecule has 23 heavy (non-hydrogen) atoms. The summed E-state index contributed by atoms with van der Waals surface area (Å²) in [4.78, 5) is 10.2. The normalized spacial score (nSPS) is 11.9. The number of aromatic nitrogens is 2. The maximum absolute atomic E-state index is 11.5. The SMILES string of the molecule is CS(=O)(=O)c1ccc(-c2cncc(/C=C\c3cccs3)n2)cc1. The molecule has 0 aliphatic heterocycles. The van der Waals surface area contributed by atoms with Gasteiger partial charge in [-0.2, -0.15) is 0 Å². The fourth-order valence-corrected chi connectivity index (χ4v) is 3.28. The van der Waals surface area contributed by atoms with Crippen molar-refractivity contribution in [3.05, 3.63) is 64.7 Å². The van der Waals surface area contributed by atoms with E-state index in [1.165, 1.54) is 6.26 Å². The van der Waals surface area contributed by atoms with Crippen molar-refractivity contribution >= 4 is 33.3 Å². The van der Waals surface area contributed by atoms with Gasteiger partial charge in [0.05, 0.1) is 28.7 Å². The van der Waals surface area contributed by atoms with Gasteiger partial charge in [0, 0.05) is 16.7 Å². The highest BCUT2D eigenvalue weighted by Gasteiger charge is 2.07. The molecule has 0 aliphatic carbocycles. The molecule has 0 fully saturated rings. The summed E-state index contributed by atoms with van der Waals surface area (Å²) < 4.78 is 23.0. The predicted octanol–water partition coefficient (Wildman–Crippen LogP) is 3.78. The van der Waals surface area contributed by atoms with Crippen LogP contribution < -0.4 is 0 Å². The number of sulfone groups is 1. The Labute approximate surface area is 139 Å². The first-order valence-electron chi connectivity index (χ1n) is 6.86. The summed E-state index contributed by atoms with van der Waals surface area (Å²) >= 11 is 1.65. The molecule has 0 bridgehead atoms. The van der Waals surface area contributed by atoms with Crippen molar-refractivity contribution in [3.63, 3.8) is 0 Å². The Bertz CT molecular complexity index is 929. The second kappa shape index (κ2) is 6.44. The summed E-state index contributed by atoms with van der Waals surface area (Å²) in [6, 6.07) is 10.7. The second-order valence-electron chi connectivity index (χ2n) is 4.97. The molecule has 2 aromatic heterocycles. The fraction of sp³-hybridized carbons (Fsp3) is 0.0588. The zero-order chi connectivity index (χ0) is 16.3. The highest BCUT2D eigenvalue weighted by molar-refractivity contribution is 7.90. The Kier molecular flexibility index (Phi) is 4.36. The zero-order valence-electron chi connectivity index (χ0n) is 12.4. The third-order valence-corrected chi connectivity index (χ3v) is 5.16. The van der Waals surface area contributed by atoms with Gasteiger partial charge in [-0.05, 0) is 35.7 Å². The molecule has 0 unspecified atom stereocenters. The van der Waals surface area contributed by atoms with Crippen molar-refractivity contribution in [1.29, 1.82) is 0 Å². The first kappa shape index (κ1) is 15.6. The lowest BCUT2D eigenvalue weighted by Gasteiger charge is -2.03. The molecule has 0 saturated heterocycles. The van der Waals surface area contributed by atoms with Crippen molar-refractivity contribution in [2.45, 2.75) is 4.90 Å².